The predicted molar refractivity (Wildman–Crippen MR) is 80.8 cm³/mol. The van der Waals surface area contributed by atoms with Crippen LogP contribution >= 0.6 is 0 Å². The van der Waals surface area contributed by atoms with Crippen LogP contribution in [0.15, 0.2) is 16.9 Å². The molecule has 1 aliphatic carbocycles. The van der Waals surface area contributed by atoms with Gasteiger partial charge in [0.1, 0.15) is 7.85 Å². The first-order chi connectivity index (χ1) is 9.49. The number of hydrogen-bond donors (Lipinski definition) is 0. The molecule has 0 amide bonds. The van der Waals surface area contributed by atoms with Crippen molar-refractivity contribution in [2.75, 3.05) is 0 Å². The van der Waals surface area contributed by atoms with Gasteiger partial charge >= 0.3 is 5.69 Å². The van der Waals surface area contributed by atoms with E-state index in [9.17, 15) is 4.79 Å². The maximum absolute atomic E-state index is 12.1. The average molecular weight is 270 g/mol. The van der Waals surface area contributed by atoms with Crippen molar-refractivity contribution in [3.63, 3.8) is 0 Å². The summed E-state index contributed by atoms with van der Waals surface area (Å²) in [5.74, 6) is 0.994. The van der Waals surface area contributed by atoms with Crippen LogP contribution < -0.4 is 11.2 Å². The van der Waals surface area contributed by atoms with Crippen LogP contribution in [-0.4, -0.2) is 27.6 Å². The number of hydrogen-bond acceptors (Lipinski definition) is 3. The van der Waals surface area contributed by atoms with Gasteiger partial charge in [0.25, 0.3) is 0 Å². The van der Waals surface area contributed by atoms with E-state index in [0.29, 0.717) is 11.8 Å². The Morgan fingerprint density at radius 1 is 1.30 bits per heavy atom. The number of aromatic nitrogens is 4. The van der Waals surface area contributed by atoms with Gasteiger partial charge in [-0.25, -0.2) is 4.79 Å². The molecule has 0 unspecified atom stereocenters. The van der Waals surface area contributed by atoms with Crippen LogP contribution in [0.1, 0.15) is 49.7 Å². The lowest BCUT2D eigenvalue weighted by molar-refractivity contribution is 0.692. The minimum absolute atomic E-state index is 0.189. The quantitative estimate of drug-likeness (QED) is 0.750. The third kappa shape index (κ3) is 2.09. The zero-order chi connectivity index (χ0) is 14.4. The van der Waals surface area contributed by atoms with Crippen molar-refractivity contribution >= 4 is 13.3 Å². The first-order valence-electron chi connectivity index (χ1n) is 7.13. The van der Waals surface area contributed by atoms with E-state index < -0.39 is 0 Å². The molecule has 1 aliphatic rings. The molecule has 0 saturated heterocycles. The van der Waals surface area contributed by atoms with Crippen LogP contribution in [0.25, 0.3) is 5.69 Å². The molecule has 0 N–H and O–H groups in total. The molecule has 1 saturated carbocycles. The Bertz CT molecular complexity index is 712. The highest BCUT2D eigenvalue weighted by molar-refractivity contribution is 6.33. The highest BCUT2D eigenvalue weighted by Crippen LogP contribution is 2.42. The molecule has 0 spiro atoms. The molecule has 2 aromatic rings. The van der Waals surface area contributed by atoms with Crippen molar-refractivity contribution in [2.45, 2.75) is 38.5 Å². The minimum Gasteiger partial charge on any atom is -0.244 e. The van der Waals surface area contributed by atoms with E-state index >= 15 is 0 Å². The van der Waals surface area contributed by atoms with E-state index in [0.717, 1.165) is 5.69 Å². The Kier molecular flexibility index (Phi) is 3.03. The molecule has 104 valence electrons. The summed E-state index contributed by atoms with van der Waals surface area (Å²) in [5.41, 5.74) is 4.50. The molecule has 3 rings (SSSR count). The van der Waals surface area contributed by atoms with Gasteiger partial charge in [0, 0.05) is 7.05 Å². The van der Waals surface area contributed by atoms with Gasteiger partial charge in [-0.2, -0.15) is 9.36 Å². The third-order valence-corrected chi connectivity index (χ3v) is 4.00. The van der Waals surface area contributed by atoms with E-state index in [1.54, 1.807) is 7.05 Å². The molecule has 0 aliphatic heterocycles. The second-order valence-electron chi connectivity index (χ2n) is 5.99. The van der Waals surface area contributed by atoms with Gasteiger partial charge in [-0.3, -0.25) is 0 Å². The van der Waals surface area contributed by atoms with Crippen LogP contribution in [-0.2, 0) is 7.05 Å². The van der Waals surface area contributed by atoms with E-state index in [2.05, 4.69) is 44.3 Å². The van der Waals surface area contributed by atoms with Crippen molar-refractivity contribution < 1.29 is 0 Å². The lowest BCUT2D eigenvalue weighted by Crippen LogP contribution is -2.24. The molecule has 6 heteroatoms. The highest BCUT2D eigenvalue weighted by atomic mass is 16.2. The Hall–Kier alpha value is -1.85. The Balaban J connectivity index is 2.24. The van der Waals surface area contributed by atoms with E-state index in [1.165, 1.54) is 38.8 Å². The maximum Gasteiger partial charge on any atom is 0.368 e. The summed E-state index contributed by atoms with van der Waals surface area (Å²) in [5, 5.41) is 7.83. The van der Waals surface area contributed by atoms with Crippen LogP contribution in [0.5, 0.6) is 0 Å². The molecule has 0 bridgehead atoms. The monoisotopic (exact) mass is 270 g/mol. The van der Waals surface area contributed by atoms with Gasteiger partial charge in [-0.1, -0.05) is 25.4 Å². The van der Waals surface area contributed by atoms with E-state index in [1.807, 2.05) is 0 Å². The summed E-state index contributed by atoms with van der Waals surface area (Å²) < 4.78 is 2.70. The minimum atomic E-state index is -0.189. The van der Waals surface area contributed by atoms with Crippen LogP contribution in [0, 0.1) is 0 Å². The first kappa shape index (κ1) is 13.2. The number of nitrogens with zero attached hydrogens (tertiary/aromatic N) is 4. The topological polar surface area (TPSA) is 52.7 Å². The summed E-state index contributed by atoms with van der Waals surface area (Å²) in [4.78, 5) is 12.1. The van der Waals surface area contributed by atoms with Crippen molar-refractivity contribution in [1.29, 1.82) is 0 Å². The molecule has 1 aromatic carbocycles. The van der Waals surface area contributed by atoms with Gasteiger partial charge in [-0.15, -0.1) is 0 Å². The van der Waals surface area contributed by atoms with Gasteiger partial charge < -0.3 is 0 Å². The largest absolute Gasteiger partial charge is 0.368 e. The second-order valence-corrected chi connectivity index (χ2v) is 5.99. The average Bonchev–Trinajstić information content (AvgIpc) is 3.18. The second kappa shape index (κ2) is 4.61. The Labute approximate surface area is 119 Å². The number of rotatable bonds is 3. The number of tetrazole rings is 1. The molecule has 1 aromatic heterocycles. The van der Waals surface area contributed by atoms with Crippen LogP contribution in [0.4, 0.5) is 0 Å². The predicted octanol–water partition coefficient (Wildman–Crippen LogP) is 0.225. The standard InChI is InChI=1S/C14H19BN4O/c1-8(2)10-7-13(19-14(20)18(3)16-17-19)11(6-12(10)15)9-4-5-9/h6-9H,4-5,15H2,1-3H3. The highest BCUT2D eigenvalue weighted by Gasteiger charge is 2.28. The molecule has 20 heavy (non-hydrogen) atoms. The summed E-state index contributed by atoms with van der Waals surface area (Å²) in [6.45, 7) is 4.34. The lowest BCUT2D eigenvalue weighted by Gasteiger charge is -2.16. The zero-order valence-electron chi connectivity index (χ0n) is 12.4. The Morgan fingerprint density at radius 3 is 2.50 bits per heavy atom. The number of benzene rings is 1. The van der Waals surface area contributed by atoms with Crippen LogP contribution in [0.2, 0.25) is 0 Å². The fraction of sp³-hybridized carbons (Fsp3) is 0.500. The molecular weight excluding hydrogens is 251 g/mol. The molecule has 0 atom stereocenters. The molecule has 0 radical (unpaired) electrons. The fourth-order valence-electron chi connectivity index (χ4n) is 2.73. The van der Waals surface area contributed by atoms with Gasteiger partial charge in [0.2, 0.25) is 0 Å². The summed E-state index contributed by atoms with van der Waals surface area (Å²) in [7, 11) is 3.77. The van der Waals surface area contributed by atoms with Gasteiger partial charge in [0.05, 0.1) is 5.69 Å². The lowest BCUT2D eigenvalue weighted by atomic mass is 9.83. The zero-order valence-corrected chi connectivity index (χ0v) is 12.4. The summed E-state index contributed by atoms with van der Waals surface area (Å²) in [6, 6.07) is 4.34. The van der Waals surface area contributed by atoms with E-state index in [4.69, 9.17) is 0 Å². The number of aryl methyl sites for hydroxylation is 1. The van der Waals surface area contributed by atoms with Crippen molar-refractivity contribution in [3.05, 3.63) is 33.7 Å². The van der Waals surface area contributed by atoms with Crippen LogP contribution in [0.3, 0.4) is 0 Å². The Morgan fingerprint density at radius 2 is 2.00 bits per heavy atom. The summed E-state index contributed by atoms with van der Waals surface area (Å²) >= 11 is 0. The van der Waals surface area contributed by atoms with Gasteiger partial charge in [-0.05, 0) is 52.3 Å². The first-order valence-corrected chi connectivity index (χ1v) is 7.13. The SMILES string of the molecule is Bc1cc(C2CC2)c(-n2nnn(C)c2=O)cc1C(C)C. The van der Waals surface area contributed by atoms with Crippen molar-refractivity contribution in [2.24, 2.45) is 7.05 Å². The fourth-order valence-corrected chi connectivity index (χ4v) is 2.73. The molecular formula is C14H19BN4O. The smallest absolute Gasteiger partial charge is 0.244 e. The van der Waals surface area contributed by atoms with E-state index in [-0.39, 0.29) is 5.69 Å². The van der Waals surface area contributed by atoms with Crippen molar-refractivity contribution in [1.82, 2.24) is 19.8 Å². The molecule has 5 nitrogen and oxygen atoms in total. The van der Waals surface area contributed by atoms with Gasteiger partial charge in [0.15, 0.2) is 0 Å². The maximum atomic E-state index is 12.1. The summed E-state index contributed by atoms with van der Waals surface area (Å²) in [6.07, 6.45) is 2.39. The molecule has 1 heterocycles. The normalized spacial score (nSPS) is 15.0. The molecule has 1 fully saturated rings. The van der Waals surface area contributed by atoms with Crippen molar-refractivity contribution in [3.8, 4) is 5.69 Å². The third-order valence-electron chi connectivity index (χ3n) is 4.00.